The number of hydrogen-bond acceptors (Lipinski definition) is 9. The number of fused-ring (bicyclic) bond motifs is 2. The largest absolute Gasteiger partial charge is 0.469 e. The first kappa shape index (κ1) is 39.6. The predicted molar refractivity (Wildman–Crippen MR) is 200 cm³/mol. The van der Waals surface area contributed by atoms with E-state index in [1.807, 2.05) is 10.8 Å². The first-order valence-corrected chi connectivity index (χ1v) is 19.4. The molecule has 8 rings (SSSR count). The molecule has 4 heterocycles. The van der Waals surface area contributed by atoms with Gasteiger partial charge in [-0.3, -0.25) is 14.6 Å². The summed E-state index contributed by atoms with van der Waals surface area (Å²) in [6, 6.07) is 8.02. The summed E-state index contributed by atoms with van der Waals surface area (Å²) in [5.41, 5.74) is 0.883. The Labute approximate surface area is 313 Å². The monoisotopic (exact) mass is 784 g/mol. The highest BCUT2D eigenvalue weighted by Crippen LogP contribution is 2.42. The van der Waals surface area contributed by atoms with Gasteiger partial charge in [0.05, 0.1) is 35.5 Å². The smallest absolute Gasteiger partial charge is 0.416 e. The summed E-state index contributed by atoms with van der Waals surface area (Å²) in [6.45, 7) is 9.43. The second-order valence-electron chi connectivity index (χ2n) is 14.3. The van der Waals surface area contributed by atoms with Crippen molar-refractivity contribution < 1.29 is 41.0 Å². The van der Waals surface area contributed by atoms with Crippen molar-refractivity contribution in [2.75, 3.05) is 89.0 Å². The summed E-state index contributed by atoms with van der Waals surface area (Å²) in [5.74, 6) is 1.46. The van der Waals surface area contributed by atoms with Crippen LogP contribution in [-0.2, 0) is 21.9 Å². The van der Waals surface area contributed by atoms with Crippen LogP contribution in [0.2, 0.25) is 0 Å². The summed E-state index contributed by atoms with van der Waals surface area (Å²) in [7, 11) is 1.43. The number of aliphatic hydroxyl groups is 1. The van der Waals surface area contributed by atoms with Crippen LogP contribution in [0.5, 0.6) is 0 Å². The van der Waals surface area contributed by atoms with Crippen molar-refractivity contribution in [2.24, 2.45) is 23.7 Å². The SMILES string of the molecule is C.COC(=O)[C@@H]1CC1CN1CCN(c2csc3cc(C(F)(F)F)ccc23)CC1.OC[C@@H]1CC1CN1CCN(c2csc3cc(C(F)(F)F)ccc23)CC1. The standard InChI is InChI=1S/C19H21F3N2O2S.C18H21F3N2OS.CH4/c1-26-18(25)15-8-12(15)10-23-4-6-24(7-5-23)16-11-27-17-9-13(19(20,21)22)2-3-14(16)17;19-18(20,21)14-1-2-15-16(11-25-17(15)8-14)23-5-3-22(4-6-23)9-12-7-13(12)10-24;/h2-3,9,11-12,15H,4-8,10H2,1H3;1-2,8,11-13,24H,3-7,9-10H2;1H4/t12?,15-;12?,13-;/m10./s1. The Hall–Kier alpha value is -3.11. The van der Waals surface area contributed by atoms with Crippen molar-refractivity contribution in [2.45, 2.75) is 32.6 Å². The molecule has 290 valence electrons. The zero-order valence-electron chi connectivity index (χ0n) is 28.8. The highest BCUT2D eigenvalue weighted by atomic mass is 32.1. The topological polar surface area (TPSA) is 59.5 Å². The second kappa shape index (κ2) is 15.9. The fourth-order valence-electron chi connectivity index (χ4n) is 7.52. The zero-order chi connectivity index (χ0) is 36.8. The Morgan fingerprint density at radius 1 is 0.717 bits per heavy atom. The van der Waals surface area contributed by atoms with E-state index in [-0.39, 0.29) is 19.3 Å². The van der Waals surface area contributed by atoms with Crippen LogP contribution in [0.1, 0.15) is 31.4 Å². The summed E-state index contributed by atoms with van der Waals surface area (Å²) in [4.78, 5) is 20.8. The quantitative estimate of drug-likeness (QED) is 0.143. The van der Waals surface area contributed by atoms with Crippen molar-refractivity contribution >= 4 is 60.2 Å². The van der Waals surface area contributed by atoms with E-state index in [4.69, 9.17) is 9.84 Å². The van der Waals surface area contributed by atoms with E-state index >= 15 is 0 Å². The van der Waals surface area contributed by atoms with Crippen molar-refractivity contribution in [3.05, 3.63) is 58.3 Å². The highest BCUT2D eigenvalue weighted by molar-refractivity contribution is 7.18. The van der Waals surface area contributed by atoms with Gasteiger partial charge in [0.25, 0.3) is 0 Å². The number of nitrogens with zero attached hydrogens (tertiary/aromatic N) is 4. The lowest BCUT2D eigenvalue weighted by atomic mass is 10.1. The first-order valence-electron chi connectivity index (χ1n) is 17.6. The van der Waals surface area contributed by atoms with Crippen LogP contribution in [0, 0.1) is 23.7 Å². The molecule has 0 amide bonds. The van der Waals surface area contributed by atoms with Gasteiger partial charge in [0.15, 0.2) is 0 Å². The van der Waals surface area contributed by atoms with Gasteiger partial charge in [-0.2, -0.15) is 26.3 Å². The number of thiophene rings is 2. The molecule has 4 aromatic rings. The summed E-state index contributed by atoms with van der Waals surface area (Å²) < 4.78 is 83.4. The first-order chi connectivity index (χ1) is 24.8. The fourth-order valence-corrected chi connectivity index (χ4v) is 9.54. The third-order valence-electron chi connectivity index (χ3n) is 10.9. The van der Waals surface area contributed by atoms with Crippen molar-refractivity contribution in [1.82, 2.24) is 9.80 Å². The van der Waals surface area contributed by atoms with Gasteiger partial charge in [0.1, 0.15) is 0 Å². The van der Waals surface area contributed by atoms with Gasteiger partial charge < -0.3 is 19.6 Å². The minimum atomic E-state index is -4.31. The van der Waals surface area contributed by atoms with E-state index in [9.17, 15) is 31.1 Å². The van der Waals surface area contributed by atoms with E-state index < -0.39 is 23.5 Å². The molecule has 4 atom stereocenters. The molecule has 2 saturated heterocycles. The predicted octanol–water partition coefficient (Wildman–Crippen LogP) is 8.16. The number of methoxy groups -OCH3 is 1. The van der Waals surface area contributed by atoms with Gasteiger partial charge in [-0.25, -0.2) is 0 Å². The third-order valence-corrected chi connectivity index (χ3v) is 12.8. The lowest BCUT2D eigenvalue weighted by Crippen LogP contribution is -2.47. The normalized spacial score (nSPS) is 23.8. The summed E-state index contributed by atoms with van der Waals surface area (Å²) in [5, 5.41) is 14.9. The van der Waals surface area contributed by atoms with Gasteiger partial charge in [-0.15, -0.1) is 22.7 Å². The van der Waals surface area contributed by atoms with Crippen LogP contribution in [-0.4, -0.2) is 100 Å². The number of aliphatic hydroxyl groups excluding tert-OH is 1. The van der Waals surface area contributed by atoms with Gasteiger partial charge in [-0.05, 0) is 54.9 Å². The molecule has 2 saturated carbocycles. The molecule has 4 fully saturated rings. The molecule has 7 nitrogen and oxygen atoms in total. The maximum atomic E-state index is 12.9. The molecule has 0 radical (unpaired) electrons. The Balaban J connectivity index is 0.000000178. The summed E-state index contributed by atoms with van der Waals surface area (Å²) in [6.07, 6.45) is -6.56. The van der Waals surface area contributed by atoms with Crippen LogP contribution in [0.3, 0.4) is 0 Å². The molecule has 2 aromatic heterocycles. The average Bonchev–Trinajstić information content (AvgIpc) is 3.97. The molecule has 2 aliphatic carbocycles. The Morgan fingerprint density at radius 2 is 1.17 bits per heavy atom. The molecule has 1 N–H and O–H groups in total. The van der Waals surface area contributed by atoms with Crippen LogP contribution in [0.4, 0.5) is 37.7 Å². The number of halogens is 6. The van der Waals surface area contributed by atoms with Crippen LogP contribution in [0.25, 0.3) is 20.2 Å². The molecule has 4 aliphatic rings. The highest BCUT2D eigenvalue weighted by Gasteiger charge is 2.45. The van der Waals surface area contributed by atoms with Gasteiger partial charge in [0, 0.05) is 103 Å². The molecular formula is C38H46F6N4O3S2. The number of carbonyl (C=O) groups is 1. The van der Waals surface area contributed by atoms with Gasteiger partial charge in [0.2, 0.25) is 0 Å². The minimum absolute atomic E-state index is 0. The lowest BCUT2D eigenvalue weighted by molar-refractivity contribution is -0.142. The van der Waals surface area contributed by atoms with Crippen LogP contribution < -0.4 is 9.80 Å². The maximum absolute atomic E-state index is 12.9. The van der Waals surface area contributed by atoms with Crippen molar-refractivity contribution in [1.29, 1.82) is 0 Å². The number of esters is 1. The molecule has 2 aliphatic heterocycles. The summed E-state index contributed by atoms with van der Waals surface area (Å²) >= 11 is 2.74. The molecular weight excluding hydrogens is 739 g/mol. The number of benzene rings is 2. The number of carbonyl (C=O) groups excluding carboxylic acids is 1. The van der Waals surface area contributed by atoms with Crippen molar-refractivity contribution in [3.8, 4) is 0 Å². The van der Waals surface area contributed by atoms with E-state index in [1.165, 1.54) is 48.0 Å². The van der Waals surface area contributed by atoms with E-state index in [0.717, 1.165) is 107 Å². The average molecular weight is 785 g/mol. The van der Waals surface area contributed by atoms with Gasteiger partial charge >= 0.3 is 18.3 Å². The minimum Gasteiger partial charge on any atom is -0.469 e. The number of anilines is 2. The fraction of sp³-hybridized carbons (Fsp3) is 0.553. The second-order valence-corrected chi connectivity index (χ2v) is 16.1. The Morgan fingerprint density at radius 3 is 1.57 bits per heavy atom. The molecule has 53 heavy (non-hydrogen) atoms. The Bertz CT molecular complexity index is 1860. The molecule has 2 aromatic carbocycles. The Kier molecular flexibility index (Phi) is 11.9. The molecule has 0 bridgehead atoms. The van der Waals surface area contributed by atoms with Gasteiger partial charge in [-0.1, -0.05) is 19.6 Å². The van der Waals surface area contributed by atoms with E-state index in [2.05, 4.69) is 19.6 Å². The maximum Gasteiger partial charge on any atom is 0.416 e. The van der Waals surface area contributed by atoms with E-state index in [0.29, 0.717) is 33.8 Å². The number of ether oxygens (including phenoxy) is 1. The van der Waals surface area contributed by atoms with Crippen molar-refractivity contribution in [3.63, 3.8) is 0 Å². The zero-order valence-corrected chi connectivity index (χ0v) is 30.4. The molecule has 2 unspecified atom stereocenters. The van der Waals surface area contributed by atoms with Crippen LogP contribution >= 0.6 is 22.7 Å². The van der Waals surface area contributed by atoms with E-state index in [1.54, 1.807) is 12.1 Å². The number of hydrogen-bond donors (Lipinski definition) is 1. The van der Waals surface area contributed by atoms with Crippen LogP contribution in [0.15, 0.2) is 47.2 Å². The molecule has 0 spiro atoms. The number of piperazine rings is 2. The number of alkyl halides is 6. The number of rotatable bonds is 8. The molecule has 15 heteroatoms. The lowest BCUT2D eigenvalue weighted by Gasteiger charge is -2.36. The third kappa shape index (κ3) is 9.07.